The summed E-state index contributed by atoms with van der Waals surface area (Å²) >= 11 is 0. The molecular weight excluding hydrogens is 324 g/mol. The molecule has 0 saturated carbocycles. The Bertz CT molecular complexity index is 736. The van der Waals surface area contributed by atoms with Crippen LogP contribution in [0.15, 0.2) is 48.5 Å². The fraction of sp³-hybridized carbons (Fsp3) is 0.409. The Morgan fingerprint density at radius 3 is 2.54 bits per heavy atom. The van der Waals surface area contributed by atoms with Crippen molar-refractivity contribution in [2.24, 2.45) is 0 Å². The maximum atomic E-state index is 12.6. The summed E-state index contributed by atoms with van der Waals surface area (Å²) in [5, 5.41) is 0. The number of nitrogens with zero attached hydrogens (tertiary/aromatic N) is 2. The summed E-state index contributed by atoms with van der Waals surface area (Å²) < 4.78 is 5.29. The number of carbonyl (C=O) groups is 1. The quantitative estimate of drug-likeness (QED) is 0.801. The van der Waals surface area contributed by atoms with Crippen molar-refractivity contribution in [2.45, 2.75) is 19.8 Å². The van der Waals surface area contributed by atoms with Gasteiger partial charge in [0.25, 0.3) is 0 Å². The van der Waals surface area contributed by atoms with E-state index in [1.807, 2.05) is 29.2 Å². The molecule has 0 spiro atoms. The van der Waals surface area contributed by atoms with E-state index in [2.05, 4.69) is 36.1 Å². The molecule has 1 aliphatic heterocycles. The molecule has 0 N–H and O–H groups in total. The predicted molar refractivity (Wildman–Crippen MR) is 105 cm³/mol. The highest BCUT2D eigenvalue weighted by Gasteiger charge is 2.21. The lowest BCUT2D eigenvalue weighted by Gasteiger charge is -2.35. The van der Waals surface area contributed by atoms with Crippen molar-refractivity contribution in [1.29, 1.82) is 0 Å². The Morgan fingerprint density at radius 1 is 1.04 bits per heavy atom. The Labute approximate surface area is 156 Å². The molecule has 138 valence electrons. The summed E-state index contributed by atoms with van der Waals surface area (Å²) in [5.41, 5.74) is 3.62. The minimum Gasteiger partial charge on any atom is -0.497 e. The molecular formula is C22H28N2O2. The zero-order valence-corrected chi connectivity index (χ0v) is 15.8. The van der Waals surface area contributed by atoms with Gasteiger partial charge >= 0.3 is 0 Å². The van der Waals surface area contributed by atoms with Crippen LogP contribution in [0.4, 0.5) is 0 Å². The lowest BCUT2D eigenvalue weighted by molar-refractivity contribution is -0.132. The second kappa shape index (κ2) is 8.86. The van der Waals surface area contributed by atoms with E-state index in [1.165, 1.54) is 11.1 Å². The van der Waals surface area contributed by atoms with Crippen LogP contribution in [0.2, 0.25) is 0 Å². The zero-order chi connectivity index (χ0) is 18.4. The van der Waals surface area contributed by atoms with E-state index in [1.54, 1.807) is 7.11 Å². The first-order valence-electron chi connectivity index (χ1n) is 9.33. The Morgan fingerprint density at radius 2 is 1.81 bits per heavy atom. The standard InChI is InChI=1S/C22H28N2O2/c1-18-6-3-4-8-20(18)17-22(25)24-14-12-23(13-15-24)11-10-19-7-5-9-21(16-19)26-2/h3-9,16H,10-15,17H2,1-2H3. The smallest absolute Gasteiger partial charge is 0.227 e. The third-order valence-corrected chi connectivity index (χ3v) is 5.18. The van der Waals surface area contributed by atoms with E-state index in [0.717, 1.165) is 50.5 Å². The van der Waals surface area contributed by atoms with Crippen LogP contribution in [0.3, 0.4) is 0 Å². The topological polar surface area (TPSA) is 32.8 Å². The number of ether oxygens (including phenoxy) is 1. The van der Waals surface area contributed by atoms with Gasteiger partial charge in [0.15, 0.2) is 0 Å². The minimum absolute atomic E-state index is 0.242. The van der Waals surface area contributed by atoms with Crippen LogP contribution in [0, 0.1) is 6.92 Å². The number of amides is 1. The maximum absolute atomic E-state index is 12.6. The fourth-order valence-electron chi connectivity index (χ4n) is 3.42. The number of benzene rings is 2. The second-order valence-corrected chi connectivity index (χ2v) is 6.93. The lowest BCUT2D eigenvalue weighted by atomic mass is 10.1. The molecule has 2 aromatic rings. The van der Waals surface area contributed by atoms with Crippen molar-refractivity contribution in [3.63, 3.8) is 0 Å². The third-order valence-electron chi connectivity index (χ3n) is 5.18. The first-order chi connectivity index (χ1) is 12.7. The summed E-state index contributed by atoms with van der Waals surface area (Å²) in [4.78, 5) is 17.0. The zero-order valence-electron chi connectivity index (χ0n) is 15.8. The number of rotatable bonds is 6. The monoisotopic (exact) mass is 352 g/mol. The van der Waals surface area contributed by atoms with Crippen molar-refractivity contribution < 1.29 is 9.53 Å². The Hall–Kier alpha value is -2.33. The largest absolute Gasteiger partial charge is 0.497 e. The van der Waals surface area contributed by atoms with Gasteiger partial charge < -0.3 is 9.64 Å². The molecule has 4 nitrogen and oxygen atoms in total. The Balaban J connectivity index is 1.45. The molecule has 26 heavy (non-hydrogen) atoms. The van der Waals surface area contributed by atoms with Crippen LogP contribution in [0.25, 0.3) is 0 Å². The van der Waals surface area contributed by atoms with Gasteiger partial charge in [0.2, 0.25) is 5.91 Å². The molecule has 0 bridgehead atoms. The summed E-state index contributed by atoms with van der Waals surface area (Å²) in [6.45, 7) is 6.63. The van der Waals surface area contributed by atoms with Crippen LogP contribution >= 0.6 is 0 Å². The molecule has 2 aromatic carbocycles. The van der Waals surface area contributed by atoms with Crippen molar-refractivity contribution in [1.82, 2.24) is 9.80 Å². The van der Waals surface area contributed by atoms with Crippen LogP contribution in [-0.4, -0.2) is 55.5 Å². The van der Waals surface area contributed by atoms with Gasteiger partial charge in [-0.25, -0.2) is 0 Å². The van der Waals surface area contributed by atoms with Crippen LogP contribution in [-0.2, 0) is 17.6 Å². The average Bonchev–Trinajstić information content (AvgIpc) is 2.68. The SMILES string of the molecule is COc1cccc(CCN2CCN(C(=O)Cc3ccccc3C)CC2)c1. The van der Waals surface area contributed by atoms with Gasteiger partial charge in [-0.15, -0.1) is 0 Å². The normalized spacial score (nSPS) is 15.1. The lowest BCUT2D eigenvalue weighted by Crippen LogP contribution is -2.49. The number of aryl methyl sites for hydroxylation is 1. The highest BCUT2D eigenvalue weighted by Crippen LogP contribution is 2.14. The number of methoxy groups -OCH3 is 1. The summed E-state index contributed by atoms with van der Waals surface area (Å²) in [6, 6.07) is 16.4. The molecule has 0 unspecified atom stereocenters. The van der Waals surface area contributed by atoms with E-state index in [0.29, 0.717) is 6.42 Å². The van der Waals surface area contributed by atoms with Gasteiger partial charge in [-0.3, -0.25) is 9.69 Å². The van der Waals surface area contributed by atoms with E-state index >= 15 is 0 Å². The van der Waals surface area contributed by atoms with E-state index < -0.39 is 0 Å². The van der Waals surface area contributed by atoms with E-state index in [-0.39, 0.29) is 5.91 Å². The first-order valence-corrected chi connectivity index (χ1v) is 9.33. The van der Waals surface area contributed by atoms with Gasteiger partial charge in [-0.1, -0.05) is 36.4 Å². The number of hydrogen-bond acceptors (Lipinski definition) is 3. The van der Waals surface area contributed by atoms with E-state index in [9.17, 15) is 4.79 Å². The molecule has 1 heterocycles. The number of piperazine rings is 1. The molecule has 0 radical (unpaired) electrons. The maximum Gasteiger partial charge on any atom is 0.227 e. The fourth-order valence-corrected chi connectivity index (χ4v) is 3.42. The van der Waals surface area contributed by atoms with Gasteiger partial charge in [0.1, 0.15) is 5.75 Å². The van der Waals surface area contributed by atoms with E-state index in [4.69, 9.17) is 4.74 Å². The molecule has 1 saturated heterocycles. The molecule has 0 aliphatic carbocycles. The highest BCUT2D eigenvalue weighted by atomic mass is 16.5. The number of carbonyl (C=O) groups excluding carboxylic acids is 1. The average molecular weight is 352 g/mol. The minimum atomic E-state index is 0.242. The summed E-state index contributed by atoms with van der Waals surface area (Å²) in [5.74, 6) is 1.15. The molecule has 1 amide bonds. The van der Waals surface area contributed by atoms with Crippen LogP contribution in [0.5, 0.6) is 5.75 Å². The van der Waals surface area contributed by atoms with Gasteiger partial charge in [-0.2, -0.15) is 0 Å². The van der Waals surface area contributed by atoms with Crippen LogP contribution in [0.1, 0.15) is 16.7 Å². The van der Waals surface area contributed by atoms with Crippen molar-refractivity contribution in [3.8, 4) is 5.75 Å². The molecule has 4 heteroatoms. The van der Waals surface area contributed by atoms with Crippen molar-refractivity contribution >= 4 is 5.91 Å². The summed E-state index contributed by atoms with van der Waals surface area (Å²) in [7, 11) is 1.70. The van der Waals surface area contributed by atoms with Crippen LogP contribution < -0.4 is 4.74 Å². The molecule has 0 aromatic heterocycles. The van der Waals surface area contributed by atoms with Gasteiger partial charge in [0.05, 0.1) is 13.5 Å². The summed E-state index contributed by atoms with van der Waals surface area (Å²) in [6.07, 6.45) is 1.52. The second-order valence-electron chi connectivity index (χ2n) is 6.93. The predicted octanol–water partition coefficient (Wildman–Crippen LogP) is 2.93. The Kier molecular flexibility index (Phi) is 6.29. The molecule has 0 atom stereocenters. The van der Waals surface area contributed by atoms with Gasteiger partial charge in [-0.05, 0) is 42.2 Å². The molecule has 1 fully saturated rings. The van der Waals surface area contributed by atoms with Gasteiger partial charge in [0, 0.05) is 32.7 Å². The third kappa shape index (κ3) is 4.85. The van der Waals surface area contributed by atoms with Crippen molar-refractivity contribution in [2.75, 3.05) is 39.8 Å². The van der Waals surface area contributed by atoms with Crippen molar-refractivity contribution in [3.05, 3.63) is 65.2 Å². The highest BCUT2D eigenvalue weighted by molar-refractivity contribution is 5.79. The number of hydrogen-bond donors (Lipinski definition) is 0. The molecule has 1 aliphatic rings. The molecule has 3 rings (SSSR count). The first kappa shape index (κ1) is 18.5.